The van der Waals surface area contributed by atoms with Crippen LogP contribution in [0.3, 0.4) is 0 Å². The van der Waals surface area contributed by atoms with Gasteiger partial charge in [0.1, 0.15) is 5.82 Å². The van der Waals surface area contributed by atoms with Gasteiger partial charge in [0.25, 0.3) is 0 Å². The number of carbonyl (C=O) groups excluding carboxylic acids is 1. The number of nitrogens with zero attached hydrogens (tertiary/aromatic N) is 2. The molecule has 0 spiro atoms. The normalized spacial score (nSPS) is 29.5. The van der Waals surface area contributed by atoms with Gasteiger partial charge in [0.2, 0.25) is 5.91 Å². The Hall–Kier alpha value is -1.42. The summed E-state index contributed by atoms with van der Waals surface area (Å²) in [6.07, 6.45) is 7.50. The van der Waals surface area contributed by atoms with Crippen molar-refractivity contribution in [1.82, 2.24) is 4.90 Å². The van der Waals surface area contributed by atoms with Crippen molar-refractivity contribution in [3.8, 4) is 0 Å². The van der Waals surface area contributed by atoms with Gasteiger partial charge < -0.3 is 4.90 Å². The Morgan fingerprint density at radius 1 is 1.14 bits per heavy atom. The quantitative estimate of drug-likeness (QED) is 0.856. The summed E-state index contributed by atoms with van der Waals surface area (Å²) >= 11 is 0. The Kier molecular flexibility index (Phi) is 3.65. The van der Waals surface area contributed by atoms with Crippen molar-refractivity contribution in [3.63, 3.8) is 0 Å². The van der Waals surface area contributed by atoms with Crippen molar-refractivity contribution in [3.05, 3.63) is 30.1 Å². The zero-order valence-electron chi connectivity index (χ0n) is 12.9. The zero-order valence-corrected chi connectivity index (χ0v) is 12.9. The molecule has 0 unspecified atom stereocenters. The van der Waals surface area contributed by atoms with Crippen LogP contribution in [-0.4, -0.2) is 36.0 Å². The van der Waals surface area contributed by atoms with E-state index in [4.69, 9.17) is 0 Å². The van der Waals surface area contributed by atoms with E-state index < -0.39 is 0 Å². The topological polar surface area (TPSA) is 23.6 Å². The van der Waals surface area contributed by atoms with Gasteiger partial charge in [0.05, 0.1) is 17.8 Å². The van der Waals surface area contributed by atoms with E-state index in [9.17, 15) is 9.18 Å². The lowest BCUT2D eigenvalue weighted by atomic mass is 9.89. The summed E-state index contributed by atoms with van der Waals surface area (Å²) in [7, 11) is 0. The largest absolute Gasteiger partial charge is 0.304 e. The predicted molar refractivity (Wildman–Crippen MR) is 84.2 cm³/mol. The van der Waals surface area contributed by atoms with Crippen LogP contribution in [0.4, 0.5) is 10.1 Å². The summed E-state index contributed by atoms with van der Waals surface area (Å²) in [4.78, 5) is 16.8. The van der Waals surface area contributed by atoms with Crippen LogP contribution >= 0.6 is 0 Å². The molecule has 3 aliphatic rings. The third-order valence-corrected chi connectivity index (χ3v) is 5.60. The Balaban J connectivity index is 1.47. The van der Waals surface area contributed by atoms with E-state index >= 15 is 0 Å². The second-order valence-corrected chi connectivity index (χ2v) is 7.02. The number of amides is 1. The number of fused-ring (bicyclic) bond motifs is 2. The Morgan fingerprint density at radius 3 is 2.64 bits per heavy atom. The van der Waals surface area contributed by atoms with Crippen LogP contribution in [-0.2, 0) is 4.79 Å². The average molecular weight is 302 g/mol. The summed E-state index contributed by atoms with van der Waals surface area (Å²) in [5.41, 5.74) is 0.456. The van der Waals surface area contributed by atoms with Gasteiger partial charge in [-0.25, -0.2) is 4.39 Å². The molecule has 0 aromatic heterocycles. The second-order valence-electron chi connectivity index (χ2n) is 7.02. The summed E-state index contributed by atoms with van der Waals surface area (Å²) in [6.45, 7) is 1.96. The van der Waals surface area contributed by atoms with Crippen molar-refractivity contribution < 1.29 is 9.18 Å². The fraction of sp³-hybridized carbons (Fsp3) is 0.611. The lowest BCUT2D eigenvalue weighted by molar-refractivity contribution is -0.123. The van der Waals surface area contributed by atoms with Crippen molar-refractivity contribution >= 4 is 11.6 Å². The highest BCUT2D eigenvalue weighted by Gasteiger charge is 2.50. The third kappa shape index (κ3) is 2.34. The smallest absolute Gasteiger partial charge is 0.244 e. The van der Waals surface area contributed by atoms with Crippen molar-refractivity contribution in [1.29, 1.82) is 0 Å². The van der Waals surface area contributed by atoms with Crippen LogP contribution in [0.1, 0.15) is 38.5 Å². The van der Waals surface area contributed by atoms with Gasteiger partial charge in [-0.1, -0.05) is 31.4 Å². The van der Waals surface area contributed by atoms with Gasteiger partial charge in [0.15, 0.2) is 0 Å². The molecule has 2 atom stereocenters. The molecule has 2 aliphatic heterocycles. The predicted octanol–water partition coefficient (Wildman–Crippen LogP) is 3.20. The Morgan fingerprint density at radius 2 is 1.91 bits per heavy atom. The fourth-order valence-electron chi connectivity index (χ4n) is 4.53. The van der Waals surface area contributed by atoms with E-state index in [1.54, 1.807) is 23.1 Å². The van der Waals surface area contributed by atoms with Gasteiger partial charge in [-0.15, -0.1) is 0 Å². The number of benzene rings is 1. The van der Waals surface area contributed by atoms with E-state index in [2.05, 4.69) is 4.90 Å². The molecule has 2 bridgehead atoms. The molecule has 4 rings (SSSR count). The number of hydrogen-bond acceptors (Lipinski definition) is 2. The first-order chi connectivity index (χ1) is 10.7. The van der Waals surface area contributed by atoms with E-state index in [-0.39, 0.29) is 23.8 Å². The fourth-order valence-corrected chi connectivity index (χ4v) is 4.53. The molecule has 4 heteroatoms. The highest BCUT2D eigenvalue weighted by atomic mass is 19.1. The number of rotatable bonds is 3. The molecule has 0 radical (unpaired) electrons. The molecule has 118 valence electrons. The molecule has 3 nitrogen and oxygen atoms in total. The van der Waals surface area contributed by atoms with Gasteiger partial charge in [-0.2, -0.15) is 0 Å². The first-order valence-corrected chi connectivity index (χ1v) is 8.55. The van der Waals surface area contributed by atoms with Gasteiger partial charge in [-0.3, -0.25) is 9.69 Å². The Bertz CT molecular complexity index is 570. The number of piperazine rings is 1. The summed E-state index contributed by atoms with van der Waals surface area (Å²) < 4.78 is 14.0. The first kappa shape index (κ1) is 14.2. The van der Waals surface area contributed by atoms with Crippen LogP contribution in [0.2, 0.25) is 0 Å². The molecule has 3 fully saturated rings. The van der Waals surface area contributed by atoms with E-state index in [0.717, 1.165) is 25.4 Å². The number of likely N-dealkylation sites (tertiary alicyclic amines) is 1. The first-order valence-electron chi connectivity index (χ1n) is 8.55. The van der Waals surface area contributed by atoms with Crippen molar-refractivity contribution in [2.75, 3.05) is 18.0 Å². The molecule has 1 aliphatic carbocycles. The maximum Gasteiger partial charge on any atom is 0.244 e. The van der Waals surface area contributed by atoms with E-state index in [0.29, 0.717) is 5.69 Å². The lowest BCUT2D eigenvalue weighted by Gasteiger charge is -2.36. The van der Waals surface area contributed by atoms with Crippen LogP contribution in [0.25, 0.3) is 0 Å². The highest BCUT2D eigenvalue weighted by Crippen LogP contribution is 2.38. The van der Waals surface area contributed by atoms with Gasteiger partial charge >= 0.3 is 0 Å². The number of hydrogen-bond donors (Lipinski definition) is 0. The minimum Gasteiger partial charge on any atom is -0.304 e. The number of para-hydroxylation sites is 1. The average Bonchev–Trinajstić information content (AvgIpc) is 3.07. The lowest BCUT2D eigenvalue weighted by Crippen LogP contribution is -2.52. The Labute approximate surface area is 131 Å². The molecule has 2 heterocycles. The molecule has 1 saturated carbocycles. The highest BCUT2D eigenvalue weighted by molar-refractivity contribution is 6.01. The van der Waals surface area contributed by atoms with Crippen LogP contribution in [0.15, 0.2) is 24.3 Å². The monoisotopic (exact) mass is 302 g/mol. The van der Waals surface area contributed by atoms with Crippen LogP contribution in [0, 0.1) is 11.7 Å². The van der Waals surface area contributed by atoms with Crippen LogP contribution in [0.5, 0.6) is 0 Å². The zero-order chi connectivity index (χ0) is 15.1. The number of carbonyl (C=O) groups is 1. The second kappa shape index (κ2) is 5.65. The molecule has 0 N–H and O–H groups in total. The molecular formula is C18H23FN2O. The standard InChI is InChI=1S/C18H23FN2O/c19-15-8-4-5-9-16(15)21-14-10-17(18(21)22)20(12-14)11-13-6-2-1-3-7-13/h4-5,8-9,13-14,17H,1-3,6-7,10-12H2/t14-,17-/m0/s1. The molecule has 2 saturated heterocycles. The SMILES string of the molecule is O=C1[C@@H]2C[C@@H](CN2CC2CCCCC2)N1c1ccccc1F. The number of anilines is 1. The maximum atomic E-state index is 14.0. The minimum absolute atomic E-state index is 0.0217. The maximum absolute atomic E-state index is 14.0. The molecular weight excluding hydrogens is 279 g/mol. The van der Waals surface area contributed by atoms with Crippen LogP contribution < -0.4 is 4.90 Å². The van der Waals surface area contributed by atoms with E-state index in [1.807, 2.05) is 0 Å². The van der Waals surface area contributed by atoms with Crippen molar-refractivity contribution in [2.45, 2.75) is 50.6 Å². The summed E-state index contributed by atoms with van der Waals surface area (Å²) in [5, 5.41) is 0. The summed E-state index contributed by atoms with van der Waals surface area (Å²) in [5.74, 6) is 0.558. The van der Waals surface area contributed by atoms with E-state index in [1.165, 1.54) is 38.2 Å². The molecule has 1 aromatic carbocycles. The molecule has 1 amide bonds. The van der Waals surface area contributed by atoms with Crippen molar-refractivity contribution in [2.24, 2.45) is 5.92 Å². The minimum atomic E-state index is -0.290. The summed E-state index contributed by atoms with van der Waals surface area (Å²) in [6, 6.07) is 6.77. The third-order valence-electron chi connectivity index (χ3n) is 5.60. The number of halogens is 1. The van der Waals surface area contributed by atoms with Gasteiger partial charge in [-0.05, 0) is 37.3 Å². The molecule has 22 heavy (non-hydrogen) atoms. The molecule has 1 aromatic rings. The van der Waals surface area contributed by atoms with Gasteiger partial charge in [0, 0.05) is 13.1 Å².